The van der Waals surface area contributed by atoms with Gasteiger partial charge in [0.15, 0.2) is 5.96 Å². The number of rotatable bonds is 4. The average Bonchev–Trinajstić information content (AvgIpc) is 2.47. The lowest BCUT2D eigenvalue weighted by Gasteiger charge is -2.33. The van der Waals surface area contributed by atoms with Crippen LogP contribution < -0.4 is 15.8 Å². The molecule has 0 heterocycles. The van der Waals surface area contributed by atoms with Gasteiger partial charge in [-0.3, -0.25) is 4.99 Å². The Hall–Kier alpha value is -0.980. The molecular formula is C17H28IN3O. The number of ether oxygens (including phenoxy) is 1. The van der Waals surface area contributed by atoms with Crippen LogP contribution in [0.5, 0.6) is 5.75 Å². The van der Waals surface area contributed by atoms with E-state index in [1.807, 2.05) is 24.3 Å². The van der Waals surface area contributed by atoms with Gasteiger partial charge in [-0.25, -0.2) is 0 Å². The van der Waals surface area contributed by atoms with E-state index in [0.717, 1.165) is 18.0 Å². The van der Waals surface area contributed by atoms with Crippen LogP contribution in [-0.2, 0) is 0 Å². The maximum absolute atomic E-state index is 5.95. The Balaban J connectivity index is 0.00000242. The topological polar surface area (TPSA) is 59.6 Å². The lowest BCUT2D eigenvalue weighted by Crippen LogP contribution is -2.26. The van der Waals surface area contributed by atoms with Crippen LogP contribution in [-0.4, -0.2) is 19.6 Å². The van der Waals surface area contributed by atoms with Gasteiger partial charge in [-0.2, -0.15) is 0 Å². The highest BCUT2D eigenvalue weighted by Crippen LogP contribution is 2.37. The summed E-state index contributed by atoms with van der Waals surface area (Å²) >= 11 is 0. The third-order valence-electron chi connectivity index (χ3n) is 4.34. The fourth-order valence-electron chi connectivity index (χ4n) is 2.73. The molecule has 5 heteroatoms. The molecule has 2 rings (SSSR count). The van der Waals surface area contributed by atoms with Gasteiger partial charge in [-0.1, -0.05) is 13.8 Å². The van der Waals surface area contributed by atoms with Crippen LogP contribution in [0.4, 0.5) is 5.69 Å². The van der Waals surface area contributed by atoms with E-state index in [1.54, 1.807) is 7.11 Å². The zero-order valence-corrected chi connectivity index (χ0v) is 16.1. The molecule has 0 bridgehead atoms. The first-order chi connectivity index (χ1) is 9.98. The van der Waals surface area contributed by atoms with Crippen LogP contribution in [0.1, 0.15) is 39.5 Å². The molecular weight excluding hydrogens is 389 g/mol. The van der Waals surface area contributed by atoms with Crippen molar-refractivity contribution in [2.24, 2.45) is 22.1 Å². The van der Waals surface area contributed by atoms with Crippen molar-refractivity contribution >= 4 is 35.6 Å². The number of hydrogen-bond acceptors (Lipinski definition) is 2. The van der Waals surface area contributed by atoms with Gasteiger partial charge in [-0.05, 0) is 61.3 Å². The molecule has 22 heavy (non-hydrogen) atoms. The van der Waals surface area contributed by atoms with Crippen LogP contribution in [0.2, 0.25) is 0 Å². The SMILES string of the molecule is COc1ccc(NC(N)=NCC2CCC(C)(C)CC2)cc1.I. The summed E-state index contributed by atoms with van der Waals surface area (Å²) in [5.41, 5.74) is 7.39. The molecule has 1 fully saturated rings. The summed E-state index contributed by atoms with van der Waals surface area (Å²) in [5, 5.41) is 3.12. The minimum atomic E-state index is 0. The number of hydrogen-bond donors (Lipinski definition) is 2. The molecule has 0 saturated heterocycles. The molecule has 1 aromatic rings. The largest absolute Gasteiger partial charge is 0.497 e. The smallest absolute Gasteiger partial charge is 0.193 e. The van der Waals surface area contributed by atoms with Gasteiger partial charge in [-0.15, -0.1) is 24.0 Å². The molecule has 1 saturated carbocycles. The van der Waals surface area contributed by atoms with Crippen molar-refractivity contribution in [3.63, 3.8) is 0 Å². The summed E-state index contributed by atoms with van der Waals surface area (Å²) < 4.78 is 5.13. The molecule has 1 aliphatic carbocycles. The van der Waals surface area contributed by atoms with Gasteiger partial charge >= 0.3 is 0 Å². The average molecular weight is 417 g/mol. The highest BCUT2D eigenvalue weighted by atomic mass is 127. The van der Waals surface area contributed by atoms with Crippen molar-refractivity contribution in [1.82, 2.24) is 0 Å². The summed E-state index contributed by atoms with van der Waals surface area (Å²) in [6.07, 6.45) is 5.09. The van der Waals surface area contributed by atoms with Gasteiger partial charge in [0, 0.05) is 12.2 Å². The summed E-state index contributed by atoms with van der Waals surface area (Å²) in [5.74, 6) is 2.00. The van der Waals surface area contributed by atoms with E-state index < -0.39 is 0 Å². The molecule has 3 N–H and O–H groups in total. The Bertz CT molecular complexity index is 475. The first-order valence-corrected chi connectivity index (χ1v) is 7.69. The van der Waals surface area contributed by atoms with Crippen LogP contribution in [0.15, 0.2) is 29.3 Å². The van der Waals surface area contributed by atoms with E-state index in [0.29, 0.717) is 17.3 Å². The van der Waals surface area contributed by atoms with E-state index in [2.05, 4.69) is 24.2 Å². The standard InChI is InChI=1S/C17H27N3O.HI/c1-17(2)10-8-13(9-11-17)12-19-16(18)20-14-4-6-15(21-3)7-5-14;/h4-7,13H,8-12H2,1-3H3,(H3,18,19,20);1H. The lowest BCUT2D eigenvalue weighted by atomic mass is 9.73. The van der Waals surface area contributed by atoms with Gasteiger partial charge in [0.25, 0.3) is 0 Å². The first kappa shape index (κ1) is 19.1. The highest BCUT2D eigenvalue weighted by molar-refractivity contribution is 14.0. The fraction of sp³-hybridized carbons (Fsp3) is 0.588. The van der Waals surface area contributed by atoms with Gasteiger partial charge in [0.2, 0.25) is 0 Å². The Labute approximate surface area is 150 Å². The number of methoxy groups -OCH3 is 1. The van der Waals surface area contributed by atoms with E-state index in [-0.39, 0.29) is 24.0 Å². The number of halogens is 1. The molecule has 0 unspecified atom stereocenters. The predicted octanol–water partition coefficient (Wildman–Crippen LogP) is 4.26. The zero-order valence-electron chi connectivity index (χ0n) is 13.8. The normalized spacial score (nSPS) is 18.4. The maximum Gasteiger partial charge on any atom is 0.193 e. The van der Waals surface area contributed by atoms with E-state index in [4.69, 9.17) is 10.5 Å². The van der Waals surface area contributed by atoms with E-state index in [9.17, 15) is 0 Å². The van der Waals surface area contributed by atoms with Crippen LogP contribution in [0, 0.1) is 11.3 Å². The van der Waals surface area contributed by atoms with Gasteiger partial charge in [0.05, 0.1) is 7.11 Å². The van der Waals surface area contributed by atoms with Crippen molar-refractivity contribution in [2.75, 3.05) is 19.0 Å². The Kier molecular flexibility index (Phi) is 7.45. The number of nitrogens with two attached hydrogens (primary N) is 1. The quantitative estimate of drug-likeness (QED) is 0.437. The number of anilines is 1. The molecule has 0 radical (unpaired) electrons. The summed E-state index contributed by atoms with van der Waals surface area (Å²) in [6, 6.07) is 7.67. The minimum Gasteiger partial charge on any atom is -0.497 e. The molecule has 0 aromatic heterocycles. The third kappa shape index (κ3) is 6.02. The van der Waals surface area contributed by atoms with Crippen molar-refractivity contribution in [1.29, 1.82) is 0 Å². The van der Waals surface area contributed by atoms with Crippen molar-refractivity contribution in [3.05, 3.63) is 24.3 Å². The molecule has 0 atom stereocenters. The zero-order chi connectivity index (χ0) is 15.3. The second-order valence-electron chi connectivity index (χ2n) is 6.69. The minimum absolute atomic E-state index is 0. The summed E-state index contributed by atoms with van der Waals surface area (Å²) in [4.78, 5) is 4.49. The number of aliphatic imine (C=N–C) groups is 1. The van der Waals surface area contributed by atoms with Gasteiger partial charge < -0.3 is 15.8 Å². The first-order valence-electron chi connectivity index (χ1n) is 7.69. The second-order valence-corrected chi connectivity index (χ2v) is 6.69. The monoisotopic (exact) mass is 417 g/mol. The van der Waals surface area contributed by atoms with Crippen molar-refractivity contribution in [2.45, 2.75) is 39.5 Å². The van der Waals surface area contributed by atoms with Gasteiger partial charge in [0.1, 0.15) is 5.75 Å². The summed E-state index contributed by atoms with van der Waals surface area (Å²) in [7, 11) is 1.66. The number of benzene rings is 1. The van der Waals surface area contributed by atoms with Crippen molar-refractivity contribution < 1.29 is 4.74 Å². The number of nitrogens with zero attached hydrogens (tertiary/aromatic N) is 1. The maximum atomic E-state index is 5.95. The van der Waals surface area contributed by atoms with Crippen molar-refractivity contribution in [3.8, 4) is 5.75 Å². The number of nitrogens with one attached hydrogen (secondary N) is 1. The third-order valence-corrected chi connectivity index (χ3v) is 4.34. The molecule has 1 aliphatic rings. The molecule has 0 amide bonds. The van der Waals surface area contributed by atoms with E-state index in [1.165, 1.54) is 25.7 Å². The molecule has 1 aromatic carbocycles. The summed E-state index contributed by atoms with van der Waals surface area (Å²) in [6.45, 7) is 5.53. The Morgan fingerprint density at radius 1 is 1.27 bits per heavy atom. The highest BCUT2D eigenvalue weighted by Gasteiger charge is 2.26. The van der Waals surface area contributed by atoms with Crippen LogP contribution >= 0.6 is 24.0 Å². The Morgan fingerprint density at radius 3 is 2.41 bits per heavy atom. The Morgan fingerprint density at radius 2 is 1.86 bits per heavy atom. The van der Waals surface area contributed by atoms with Crippen LogP contribution in [0.25, 0.3) is 0 Å². The second kappa shape index (κ2) is 8.60. The molecule has 0 spiro atoms. The fourth-order valence-corrected chi connectivity index (χ4v) is 2.73. The lowest BCUT2D eigenvalue weighted by molar-refractivity contribution is 0.195. The molecule has 124 valence electrons. The molecule has 0 aliphatic heterocycles. The van der Waals surface area contributed by atoms with Crippen LogP contribution in [0.3, 0.4) is 0 Å². The number of guanidine groups is 1. The van der Waals surface area contributed by atoms with E-state index >= 15 is 0 Å². The predicted molar refractivity (Wildman–Crippen MR) is 104 cm³/mol. The molecule has 4 nitrogen and oxygen atoms in total.